The molecule has 1 saturated heterocycles. The van der Waals surface area contributed by atoms with Gasteiger partial charge in [0.15, 0.2) is 0 Å². The van der Waals surface area contributed by atoms with Gasteiger partial charge in [-0.1, -0.05) is 36.8 Å². The van der Waals surface area contributed by atoms with E-state index in [4.69, 9.17) is 4.74 Å². The predicted octanol–water partition coefficient (Wildman–Crippen LogP) is 3.61. The Bertz CT molecular complexity index is 781. The number of anilines is 1. The van der Waals surface area contributed by atoms with Crippen molar-refractivity contribution in [3.63, 3.8) is 0 Å². The molecule has 4 rings (SSSR count). The molecular weight excluding hydrogens is 386 g/mol. The second kappa shape index (κ2) is 10.7. The number of ether oxygens (including phenoxy) is 1. The average Bonchev–Trinajstić information content (AvgIpc) is 3.22. The van der Waals surface area contributed by atoms with Crippen LogP contribution in [0.15, 0.2) is 54.6 Å². The third-order valence-corrected chi connectivity index (χ3v) is 5.83. The van der Waals surface area contributed by atoms with Gasteiger partial charge in [-0.2, -0.15) is 0 Å². The average molecular weight is 416 g/mol. The lowest BCUT2D eigenvalue weighted by Crippen LogP contribution is -2.50. The molecule has 6 heteroatoms. The molecule has 0 radical (unpaired) electrons. The molecule has 3 atom stereocenters. The molecule has 29 heavy (non-hydrogen) atoms. The Hall–Kier alpha value is -1.92. The van der Waals surface area contributed by atoms with Crippen LogP contribution in [0, 0.1) is 5.92 Å². The van der Waals surface area contributed by atoms with Crippen molar-refractivity contribution in [3.8, 4) is 0 Å². The molecule has 0 bridgehead atoms. The third kappa shape index (κ3) is 5.80. The number of hydrogen-bond acceptors (Lipinski definition) is 4. The fraction of sp³-hybridized carbons (Fsp3) is 0.435. The van der Waals surface area contributed by atoms with Gasteiger partial charge in [-0.05, 0) is 48.6 Å². The minimum atomic E-state index is -0.0788. The highest BCUT2D eigenvalue weighted by atomic mass is 35.5. The molecule has 2 fully saturated rings. The van der Waals surface area contributed by atoms with Gasteiger partial charge in [0.2, 0.25) is 0 Å². The van der Waals surface area contributed by atoms with Crippen LogP contribution >= 0.6 is 12.4 Å². The van der Waals surface area contributed by atoms with Crippen molar-refractivity contribution >= 4 is 24.0 Å². The second-order valence-electron chi connectivity index (χ2n) is 7.74. The molecule has 1 heterocycles. The van der Waals surface area contributed by atoms with Gasteiger partial charge in [-0.3, -0.25) is 4.79 Å². The quantitative estimate of drug-likeness (QED) is 0.674. The summed E-state index contributed by atoms with van der Waals surface area (Å²) < 4.78 is 5.66. The summed E-state index contributed by atoms with van der Waals surface area (Å²) in [5.41, 5.74) is 2.69. The lowest BCUT2D eigenvalue weighted by molar-refractivity contribution is 0.0524. The van der Waals surface area contributed by atoms with Crippen LogP contribution in [0.1, 0.15) is 35.2 Å². The summed E-state index contributed by atoms with van der Waals surface area (Å²) >= 11 is 0. The largest absolute Gasteiger partial charge is 0.379 e. The number of nitrogens with one attached hydrogen (secondary N) is 3. The van der Waals surface area contributed by atoms with Crippen molar-refractivity contribution in [2.24, 2.45) is 5.92 Å². The van der Waals surface area contributed by atoms with Crippen molar-refractivity contribution in [1.29, 1.82) is 0 Å². The highest BCUT2D eigenvalue weighted by Gasteiger charge is 2.34. The lowest BCUT2D eigenvalue weighted by Gasteiger charge is -2.33. The lowest BCUT2D eigenvalue weighted by atomic mass is 9.94. The first kappa shape index (κ1) is 21.8. The highest BCUT2D eigenvalue weighted by Crippen LogP contribution is 2.29. The summed E-state index contributed by atoms with van der Waals surface area (Å²) in [5.74, 6) is 0.547. The Labute approximate surface area is 179 Å². The van der Waals surface area contributed by atoms with Gasteiger partial charge >= 0.3 is 0 Å². The molecule has 0 aromatic heterocycles. The first-order valence-electron chi connectivity index (χ1n) is 10.3. The van der Waals surface area contributed by atoms with E-state index < -0.39 is 0 Å². The second-order valence-corrected chi connectivity index (χ2v) is 7.74. The molecule has 2 aromatic rings. The summed E-state index contributed by atoms with van der Waals surface area (Å²) in [4.78, 5) is 12.4. The maximum atomic E-state index is 12.4. The van der Waals surface area contributed by atoms with E-state index in [1.54, 1.807) is 0 Å². The molecule has 0 spiro atoms. The summed E-state index contributed by atoms with van der Waals surface area (Å²) in [6, 6.07) is 18.4. The van der Waals surface area contributed by atoms with E-state index in [1.807, 2.05) is 42.5 Å². The monoisotopic (exact) mass is 415 g/mol. The zero-order valence-corrected chi connectivity index (χ0v) is 17.4. The van der Waals surface area contributed by atoms with Crippen molar-refractivity contribution in [2.45, 2.75) is 37.9 Å². The number of hydrogen-bond donors (Lipinski definition) is 3. The Morgan fingerprint density at radius 3 is 2.76 bits per heavy atom. The predicted molar refractivity (Wildman–Crippen MR) is 119 cm³/mol. The smallest absolute Gasteiger partial charge is 0.255 e. The fourth-order valence-electron chi connectivity index (χ4n) is 4.39. The van der Waals surface area contributed by atoms with Crippen molar-refractivity contribution in [3.05, 3.63) is 65.7 Å². The van der Waals surface area contributed by atoms with Crippen LogP contribution in [0.5, 0.6) is 0 Å². The van der Waals surface area contributed by atoms with Crippen molar-refractivity contribution in [2.75, 3.05) is 25.1 Å². The molecule has 1 aliphatic heterocycles. The molecule has 2 aromatic carbocycles. The molecule has 2 aliphatic rings. The summed E-state index contributed by atoms with van der Waals surface area (Å²) in [5, 5.41) is 10.4. The first-order chi connectivity index (χ1) is 13.8. The van der Waals surface area contributed by atoms with Crippen LogP contribution < -0.4 is 16.0 Å². The van der Waals surface area contributed by atoms with Crippen molar-refractivity contribution in [1.82, 2.24) is 10.6 Å². The molecule has 1 saturated carbocycles. The Balaban J connectivity index is 0.00000240. The van der Waals surface area contributed by atoms with Gasteiger partial charge in [0.05, 0.1) is 13.2 Å². The molecule has 156 valence electrons. The maximum Gasteiger partial charge on any atom is 0.255 e. The first-order valence-corrected chi connectivity index (χ1v) is 10.3. The SMILES string of the molecule is Cl.O=C(Nc1cccc(CNC2CCCC2C2COCCN2)c1)c1ccccc1. The van der Waals surface area contributed by atoms with Crippen LogP contribution in [0.4, 0.5) is 5.69 Å². The minimum absolute atomic E-state index is 0. The van der Waals surface area contributed by atoms with E-state index in [2.05, 4.69) is 28.1 Å². The van der Waals surface area contributed by atoms with Gasteiger partial charge in [0.25, 0.3) is 5.91 Å². The van der Waals surface area contributed by atoms with Crippen LogP contribution in [-0.4, -0.2) is 37.7 Å². The van der Waals surface area contributed by atoms with E-state index in [0.717, 1.165) is 32.0 Å². The Morgan fingerprint density at radius 1 is 1.10 bits per heavy atom. The van der Waals surface area contributed by atoms with Gasteiger partial charge in [-0.15, -0.1) is 12.4 Å². The van der Waals surface area contributed by atoms with E-state index in [-0.39, 0.29) is 18.3 Å². The van der Waals surface area contributed by atoms with Crippen LogP contribution in [-0.2, 0) is 11.3 Å². The number of halogens is 1. The molecular formula is C23H30ClN3O2. The summed E-state index contributed by atoms with van der Waals surface area (Å²) in [7, 11) is 0. The van der Waals surface area contributed by atoms with Crippen LogP contribution in [0.2, 0.25) is 0 Å². The van der Waals surface area contributed by atoms with E-state index in [0.29, 0.717) is 23.6 Å². The topological polar surface area (TPSA) is 62.4 Å². The normalized spacial score (nSPS) is 23.9. The zero-order valence-electron chi connectivity index (χ0n) is 16.6. The van der Waals surface area contributed by atoms with Gasteiger partial charge in [0.1, 0.15) is 0 Å². The number of benzene rings is 2. The van der Waals surface area contributed by atoms with Gasteiger partial charge in [0, 0.05) is 36.4 Å². The Kier molecular flexibility index (Phi) is 8.07. The number of amides is 1. The Morgan fingerprint density at radius 2 is 1.97 bits per heavy atom. The number of morpholine rings is 1. The molecule has 3 unspecified atom stereocenters. The minimum Gasteiger partial charge on any atom is -0.379 e. The molecule has 1 amide bonds. The molecule has 1 aliphatic carbocycles. The third-order valence-electron chi connectivity index (χ3n) is 5.83. The van der Waals surface area contributed by atoms with Gasteiger partial charge < -0.3 is 20.7 Å². The summed E-state index contributed by atoms with van der Waals surface area (Å²) in [6.45, 7) is 3.41. The van der Waals surface area contributed by atoms with E-state index in [1.165, 1.54) is 24.8 Å². The van der Waals surface area contributed by atoms with Crippen LogP contribution in [0.25, 0.3) is 0 Å². The zero-order chi connectivity index (χ0) is 19.2. The maximum absolute atomic E-state index is 12.4. The highest BCUT2D eigenvalue weighted by molar-refractivity contribution is 6.04. The number of carbonyl (C=O) groups is 1. The number of rotatable bonds is 6. The van der Waals surface area contributed by atoms with Crippen LogP contribution in [0.3, 0.4) is 0 Å². The standard InChI is InChI=1S/C23H29N3O2.ClH/c27-23(18-7-2-1-3-8-18)26-19-9-4-6-17(14-19)15-25-21-11-5-10-20(21)22-16-28-13-12-24-22;/h1-4,6-9,14,20-22,24-25H,5,10-13,15-16H2,(H,26,27);1H. The molecule has 3 N–H and O–H groups in total. The van der Waals surface area contributed by atoms with E-state index >= 15 is 0 Å². The van der Waals surface area contributed by atoms with E-state index in [9.17, 15) is 4.79 Å². The number of carbonyl (C=O) groups excluding carboxylic acids is 1. The fourth-order valence-corrected chi connectivity index (χ4v) is 4.39. The summed E-state index contributed by atoms with van der Waals surface area (Å²) in [6.07, 6.45) is 3.74. The van der Waals surface area contributed by atoms with Gasteiger partial charge in [-0.25, -0.2) is 0 Å². The molecule has 5 nitrogen and oxygen atoms in total. The van der Waals surface area contributed by atoms with Crippen molar-refractivity contribution < 1.29 is 9.53 Å².